The van der Waals surface area contributed by atoms with Crippen LogP contribution in [0.2, 0.25) is 0 Å². The molecule has 1 aromatic carbocycles. The van der Waals surface area contributed by atoms with Gasteiger partial charge in [0.2, 0.25) is 5.91 Å². The summed E-state index contributed by atoms with van der Waals surface area (Å²) in [5, 5.41) is 16.7. The van der Waals surface area contributed by atoms with Gasteiger partial charge in [0.15, 0.2) is 6.61 Å². The third-order valence-corrected chi connectivity index (χ3v) is 8.30. The minimum Gasteiger partial charge on any atom is -0.479 e. The van der Waals surface area contributed by atoms with Crippen molar-refractivity contribution < 1.29 is 18.6 Å². The van der Waals surface area contributed by atoms with E-state index >= 15 is 0 Å². The van der Waals surface area contributed by atoms with Gasteiger partial charge in [-0.05, 0) is 45.7 Å². The van der Waals surface area contributed by atoms with Crippen molar-refractivity contribution in [2.24, 2.45) is 5.92 Å². The van der Waals surface area contributed by atoms with E-state index in [0.29, 0.717) is 18.6 Å². The fourth-order valence-electron chi connectivity index (χ4n) is 4.82. The number of hydrogen-bond acceptors (Lipinski definition) is 6. The molecule has 0 bridgehead atoms. The third kappa shape index (κ3) is 4.49. The highest BCUT2D eigenvalue weighted by molar-refractivity contribution is 8.25. The fraction of sp³-hybridized carbons (Fsp3) is 0.522. The van der Waals surface area contributed by atoms with Crippen molar-refractivity contribution in [2.45, 2.75) is 51.6 Å². The summed E-state index contributed by atoms with van der Waals surface area (Å²) >= 11 is 0. The van der Waals surface area contributed by atoms with E-state index in [4.69, 9.17) is 15.1 Å². The van der Waals surface area contributed by atoms with Gasteiger partial charge < -0.3 is 10.1 Å². The Morgan fingerprint density at radius 2 is 2.19 bits per heavy atom. The van der Waals surface area contributed by atoms with Crippen LogP contribution in [-0.4, -0.2) is 48.4 Å². The Labute approximate surface area is 189 Å². The predicted molar refractivity (Wildman–Crippen MR) is 124 cm³/mol. The van der Waals surface area contributed by atoms with E-state index in [9.17, 15) is 13.9 Å². The zero-order chi connectivity index (χ0) is 23.1. The molecule has 0 saturated carbocycles. The highest BCUT2D eigenvalue weighted by Crippen LogP contribution is 2.54. The maximum atomic E-state index is 13.0. The largest absolute Gasteiger partial charge is 0.479 e. The summed E-state index contributed by atoms with van der Waals surface area (Å²) < 4.78 is 26.9. The molecule has 1 aliphatic carbocycles. The first kappa shape index (κ1) is 22.6. The Hall–Kier alpha value is -2.54. The van der Waals surface area contributed by atoms with Gasteiger partial charge in [0, 0.05) is 35.2 Å². The quantitative estimate of drug-likeness (QED) is 0.606. The van der Waals surface area contributed by atoms with Gasteiger partial charge in [-0.3, -0.25) is 18.6 Å². The molecule has 1 fully saturated rings. The van der Waals surface area contributed by atoms with E-state index in [2.05, 4.69) is 19.2 Å². The molecule has 1 aliphatic heterocycles. The first-order valence-corrected chi connectivity index (χ1v) is 12.8. The number of amides is 1. The molecule has 32 heavy (non-hydrogen) atoms. The molecule has 9 heteroatoms. The maximum absolute atomic E-state index is 13.0. The minimum absolute atomic E-state index is 0.00706. The first-order valence-electron chi connectivity index (χ1n) is 10.9. The lowest BCUT2D eigenvalue weighted by atomic mass is 9.84. The van der Waals surface area contributed by atoms with Gasteiger partial charge in [-0.1, -0.05) is 12.1 Å². The summed E-state index contributed by atoms with van der Waals surface area (Å²) in [4.78, 5) is 13.0. The topological polar surface area (TPSA) is 120 Å². The summed E-state index contributed by atoms with van der Waals surface area (Å²) in [5.41, 5.74) is 3.53. The molecule has 2 aliphatic rings. The zero-order valence-corrected chi connectivity index (χ0v) is 19.5. The molecular weight excluding hydrogens is 428 g/mol. The highest BCUT2D eigenvalue weighted by atomic mass is 32.3. The van der Waals surface area contributed by atoms with Crippen LogP contribution in [0.25, 0.3) is 11.3 Å². The fourth-order valence-corrected chi connectivity index (χ4v) is 6.92. The monoisotopic (exact) mass is 458 g/mol. The van der Waals surface area contributed by atoms with Crippen LogP contribution in [0.15, 0.2) is 24.3 Å². The second kappa shape index (κ2) is 8.43. The van der Waals surface area contributed by atoms with Crippen molar-refractivity contribution in [3.8, 4) is 23.1 Å². The molecule has 2 heterocycles. The van der Waals surface area contributed by atoms with Crippen LogP contribution < -0.4 is 10.1 Å². The van der Waals surface area contributed by atoms with Gasteiger partial charge in [-0.15, -0.1) is 0 Å². The van der Waals surface area contributed by atoms with E-state index in [-0.39, 0.29) is 36.0 Å². The van der Waals surface area contributed by atoms with Crippen LogP contribution in [0, 0.1) is 17.2 Å². The van der Waals surface area contributed by atoms with Crippen LogP contribution in [0.3, 0.4) is 0 Å². The summed E-state index contributed by atoms with van der Waals surface area (Å²) in [6, 6.07) is 9.74. The zero-order valence-electron chi connectivity index (χ0n) is 18.7. The summed E-state index contributed by atoms with van der Waals surface area (Å²) in [6.45, 7) is 6.02. The van der Waals surface area contributed by atoms with Crippen molar-refractivity contribution in [2.75, 3.05) is 18.1 Å². The normalized spacial score (nSPS) is 21.7. The number of nitriles is 1. The number of benzene rings is 1. The van der Waals surface area contributed by atoms with E-state index in [1.54, 1.807) is 0 Å². The molecule has 0 spiro atoms. The van der Waals surface area contributed by atoms with Gasteiger partial charge in [-0.2, -0.15) is 21.0 Å². The van der Waals surface area contributed by atoms with Crippen molar-refractivity contribution >= 4 is 16.5 Å². The van der Waals surface area contributed by atoms with Crippen LogP contribution >= 0.6 is 10.6 Å². The van der Waals surface area contributed by atoms with Crippen LogP contribution in [0.5, 0.6) is 5.75 Å². The molecule has 1 unspecified atom stereocenters. The van der Waals surface area contributed by atoms with E-state index in [1.165, 1.54) is 0 Å². The molecule has 0 radical (unpaired) electrons. The Morgan fingerprint density at radius 1 is 1.44 bits per heavy atom. The summed E-state index contributed by atoms with van der Waals surface area (Å²) in [5.74, 6) is 0.876. The third-order valence-electron chi connectivity index (χ3n) is 6.10. The number of ether oxygens (including phenoxy) is 1. The SMILES string of the molecule is CC(C)n1nc(-c2cccc(OCC#N)c2)c2c1CC(C(=O)NC1(C)CS(O)(O)C1)CC2. The first-order chi connectivity index (χ1) is 15.1. The Morgan fingerprint density at radius 3 is 2.84 bits per heavy atom. The number of hydrogen-bond donors (Lipinski definition) is 3. The molecule has 8 nitrogen and oxygen atoms in total. The molecule has 1 atom stereocenters. The Balaban J connectivity index is 1.57. The molecule has 1 aromatic heterocycles. The van der Waals surface area contributed by atoms with Gasteiger partial charge in [0.25, 0.3) is 0 Å². The van der Waals surface area contributed by atoms with E-state index in [1.807, 2.05) is 41.9 Å². The molecule has 4 rings (SSSR count). The standard InChI is InChI=1S/C23H30N4O4S/c1-15(2)27-20-12-17(22(28)25-23(3)13-32(29,30)14-23)7-8-19(20)21(26-27)16-5-4-6-18(11-16)31-10-9-24/h4-6,11,15,17,29-30H,7-8,10,12-14H2,1-3H3,(H,25,28). The van der Waals surface area contributed by atoms with Gasteiger partial charge in [0.1, 0.15) is 11.8 Å². The lowest BCUT2D eigenvalue weighted by Crippen LogP contribution is -2.62. The van der Waals surface area contributed by atoms with E-state index < -0.39 is 16.1 Å². The number of carbonyl (C=O) groups excluding carboxylic acids is 1. The van der Waals surface area contributed by atoms with Gasteiger partial charge in [-0.25, -0.2) is 0 Å². The van der Waals surface area contributed by atoms with Crippen molar-refractivity contribution in [3.05, 3.63) is 35.5 Å². The Kier molecular flexibility index (Phi) is 5.96. The summed E-state index contributed by atoms with van der Waals surface area (Å²) in [6.07, 6.45) is 2.06. The smallest absolute Gasteiger partial charge is 0.224 e. The number of rotatable bonds is 6. The van der Waals surface area contributed by atoms with Crippen LogP contribution in [0.4, 0.5) is 0 Å². The van der Waals surface area contributed by atoms with Crippen molar-refractivity contribution in [1.29, 1.82) is 5.26 Å². The second-order valence-corrected chi connectivity index (χ2v) is 11.5. The molecule has 1 saturated heterocycles. The van der Waals surface area contributed by atoms with Crippen LogP contribution in [0.1, 0.15) is 44.5 Å². The van der Waals surface area contributed by atoms with Crippen LogP contribution in [-0.2, 0) is 17.6 Å². The number of fused-ring (bicyclic) bond motifs is 1. The van der Waals surface area contributed by atoms with Gasteiger partial charge in [0.05, 0.1) is 22.7 Å². The molecule has 1 amide bonds. The lowest BCUT2D eigenvalue weighted by molar-refractivity contribution is -0.126. The average Bonchev–Trinajstić information content (AvgIpc) is 3.10. The minimum atomic E-state index is -2.53. The van der Waals surface area contributed by atoms with E-state index in [0.717, 1.165) is 28.9 Å². The number of nitrogens with zero attached hydrogens (tertiary/aromatic N) is 3. The maximum Gasteiger partial charge on any atom is 0.224 e. The molecule has 2 aromatic rings. The molecular formula is C23H30N4O4S. The summed E-state index contributed by atoms with van der Waals surface area (Å²) in [7, 11) is -2.53. The lowest BCUT2D eigenvalue weighted by Gasteiger charge is -2.54. The molecule has 172 valence electrons. The number of aromatic nitrogens is 2. The number of nitrogens with one attached hydrogen (secondary N) is 1. The predicted octanol–water partition coefficient (Wildman–Crippen LogP) is 3.78. The highest BCUT2D eigenvalue weighted by Gasteiger charge is 2.46. The number of carbonyl (C=O) groups is 1. The average molecular weight is 459 g/mol. The van der Waals surface area contributed by atoms with Crippen molar-refractivity contribution in [3.63, 3.8) is 0 Å². The second-order valence-electron chi connectivity index (χ2n) is 9.37. The molecule has 3 N–H and O–H groups in total. The Bertz CT molecular complexity index is 1060. The van der Waals surface area contributed by atoms with Crippen molar-refractivity contribution in [1.82, 2.24) is 15.1 Å². The van der Waals surface area contributed by atoms with Gasteiger partial charge >= 0.3 is 0 Å².